The molecule has 0 aliphatic carbocycles. The summed E-state index contributed by atoms with van der Waals surface area (Å²) in [7, 11) is 0. The second-order valence-corrected chi connectivity index (χ2v) is 1.86. The smallest absolute Gasteiger partial charge is 0.0347 e. The third kappa shape index (κ3) is 0.952. The molecule has 0 unspecified atom stereocenters. The first kappa shape index (κ1) is 4.69. The maximum Gasteiger partial charge on any atom is 0.0347 e. The number of hydrogen-bond acceptors (Lipinski definition) is 1. The minimum Gasteiger partial charge on any atom is -0.385 e. The molecular formula is C6H11N. The minimum absolute atomic E-state index is 1.09. The van der Waals surface area contributed by atoms with Gasteiger partial charge in [0.15, 0.2) is 0 Å². The summed E-state index contributed by atoms with van der Waals surface area (Å²) >= 11 is 0. The largest absolute Gasteiger partial charge is 0.385 e. The molecule has 1 aliphatic rings. The summed E-state index contributed by atoms with van der Waals surface area (Å²) in [6.45, 7) is 3.29. The molecule has 0 saturated heterocycles. The molecule has 0 aromatic heterocycles. The second kappa shape index (κ2) is 2.01. The van der Waals surface area contributed by atoms with Crippen LogP contribution < -0.4 is 5.32 Å². The van der Waals surface area contributed by atoms with Crippen LogP contribution in [0.3, 0.4) is 0 Å². The van der Waals surface area contributed by atoms with E-state index in [-0.39, 0.29) is 0 Å². The Labute approximate surface area is 44.4 Å². The fourth-order valence-electron chi connectivity index (χ4n) is 0.706. The molecule has 1 rings (SSSR count). The Bertz CT molecular complexity index is 84.2. The van der Waals surface area contributed by atoms with Gasteiger partial charge in [0.2, 0.25) is 0 Å². The monoisotopic (exact) mass is 97.1 g/mol. The van der Waals surface area contributed by atoms with Crippen LogP contribution in [-0.4, -0.2) is 6.54 Å². The summed E-state index contributed by atoms with van der Waals surface area (Å²) in [5.74, 6) is 0. The highest BCUT2D eigenvalue weighted by atomic mass is 14.9. The lowest BCUT2D eigenvalue weighted by atomic mass is 10.2. The Morgan fingerprint density at radius 3 is 2.71 bits per heavy atom. The SMILES string of the molecule is CCCC1=CCN1. The highest BCUT2D eigenvalue weighted by Crippen LogP contribution is 2.05. The van der Waals surface area contributed by atoms with Crippen molar-refractivity contribution in [2.75, 3.05) is 6.54 Å². The molecule has 1 aliphatic heterocycles. The first-order valence-corrected chi connectivity index (χ1v) is 2.86. The minimum atomic E-state index is 1.09. The Balaban J connectivity index is 2.15. The van der Waals surface area contributed by atoms with Gasteiger partial charge in [-0.15, -0.1) is 0 Å². The number of allylic oxidation sites excluding steroid dienone is 1. The van der Waals surface area contributed by atoms with Crippen molar-refractivity contribution in [2.24, 2.45) is 0 Å². The predicted molar refractivity (Wildman–Crippen MR) is 31.0 cm³/mol. The predicted octanol–water partition coefficient (Wildman–Crippen LogP) is 1.27. The molecule has 1 nitrogen and oxygen atoms in total. The standard InChI is InChI=1S/C6H11N/c1-2-3-6-4-5-7-6/h4,7H,2-3,5H2,1H3. The van der Waals surface area contributed by atoms with Crippen molar-refractivity contribution in [3.63, 3.8) is 0 Å². The van der Waals surface area contributed by atoms with E-state index in [0.717, 1.165) is 6.54 Å². The molecule has 0 aromatic carbocycles. The maximum absolute atomic E-state index is 3.21. The molecule has 0 fully saturated rings. The molecule has 0 radical (unpaired) electrons. The van der Waals surface area contributed by atoms with Crippen LogP contribution in [0.5, 0.6) is 0 Å². The zero-order valence-electron chi connectivity index (χ0n) is 4.70. The van der Waals surface area contributed by atoms with E-state index in [1.807, 2.05) is 0 Å². The lowest BCUT2D eigenvalue weighted by molar-refractivity contribution is 0.720. The van der Waals surface area contributed by atoms with E-state index in [9.17, 15) is 0 Å². The molecular weight excluding hydrogens is 86.1 g/mol. The highest BCUT2D eigenvalue weighted by Gasteiger charge is 1.99. The van der Waals surface area contributed by atoms with E-state index in [1.165, 1.54) is 18.5 Å². The van der Waals surface area contributed by atoms with Crippen LogP contribution in [0.25, 0.3) is 0 Å². The van der Waals surface area contributed by atoms with Gasteiger partial charge >= 0.3 is 0 Å². The van der Waals surface area contributed by atoms with Crippen LogP contribution >= 0.6 is 0 Å². The van der Waals surface area contributed by atoms with E-state index in [2.05, 4.69) is 18.3 Å². The normalized spacial score (nSPS) is 17.0. The first-order chi connectivity index (χ1) is 3.43. The molecule has 1 N–H and O–H groups in total. The van der Waals surface area contributed by atoms with Gasteiger partial charge in [0.1, 0.15) is 0 Å². The Kier molecular flexibility index (Phi) is 1.35. The van der Waals surface area contributed by atoms with Crippen LogP contribution in [0, 0.1) is 0 Å². The molecule has 0 amide bonds. The average molecular weight is 97.2 g/mol. The van der Waals surface area contributed by atoms with Gasteiger partial charge in [0.05, 0.1) is 0 Å². The van der Waals surface area contributed by atoms with Gasteiger partial charge in [-0.25, -0.2) is 0 Å². The molecule has 40 valence electrons. The number of rotatable bonds is 2. The maximum atomic E-state index is 3.21. The Morgan fingerprint density at radius 1 is 1.86 bits per heavy atom. The van der Waals surface area contributed by atoms with E-state index >= 15 is 0 Å². The fourth-order valence-corrected chi connectivity index (χ4v) is 0.706. The third-order valence-corrected chi connectivity index (χ3v) is 1.20. The van der Waals surface area contributed by atoms with Crippen molar-refractivity contribution in [1.82, 2.24) is 5.32 Å². The van der Waals surface area contributed by atoms with Crippen molar-refractivity contribution in [3.05, 3.63) is 11.8 Å². The van der Waals surface area contributed by atoms with Gasteiger partial charge in [0.25, 0.3) is 0 Å². The summed E-state index contributed by atoms with van der Waals surface area (Å²) in [6.07, 6.45) is 4.74. The van der Waals surface area contributed by atoms with Crippen LogP contribution in [0.1, 0.15) is 19.8 Å². The number of nitrogens with one attached hydrogen (secondary N) is 1. The molecule has 1 heteroatoms. The molecule has 0 saturated carbocycles. The molecule has 7 heavy (non-hydrogen) atoms. The molecule has 0 atom stereocenters. The Hall–Kier alpha value is -0.460. The van der Waals surface area contributed by atoms with Crippen LogP contribution in [0.15, 0.2) is 11.8 Å². The van der Waals surface area contributed by atoms with Gasteiger partial charge < -0.3 is 5.32 Å². The first-order valence-electron chi connectivity index (χ1n) is 2.86. The summed E-state index contributed by atoms with van der Waals surface area (Å²) in [6, 6.07) is 0. The fraction of sp³-hybridized carbons (Fsp3) is 0.667. The average Bonchev–Trinajstić information content (AvgIpc) is 1.55. The van der Waals surface area contributed by atoms with Crippen molar-refractivity contribution < 1.29 is 0 Å². The quantitative estimate of drug-likeness (QED) is 0.547. The summed E-state index contributed by atoms with van der Waals surface area (Å²) in [5, 5.41) is 3.21. The summed E-state index contributed by atoms with van der Waals surface area (Å²) in [4.78, 5) is 0. The molecule has 0 aromatic rings. The number of hydrogen-bond donors (Lipinski definition) is 1. The Morgan fingerprint density at radius 2 is 2.57 bits per heavy atom. The zero-order chi connectivity index (χ0) is 5.11. The van der Waals surface area contributed by atoms with E-state index < -0.39 is 0 Å². The highest BCUT2D eigenvalue weighted by molar-refractivity contribution is 5.10. The van der Waals surface area contributed by atoms with E-state index in [0.29, 0.717) is 0 Å². The lowest BCUT2D eigenvalue weighted by Gasteiger charge is -2.15. The topological polar surface area (TPSA) is 12.0 Å². The van der Waals surface area contributed by atoms with Gasteiger partial charge in [-0.05, 0) is 12.5 Å². The zero-order valence-corrected chi connectivity index (χ0v) is 4.70. The lowest BCUT2D eigenvalue weighted by Crippen LogP contribution is -2.22. The van der Waals surface area contributed by atoms with E-state index in [4.69, 9.17) is 0 Å². The van der Waals surface area contributed by atoms with E-state index in [1.54, 1.807) is 0 Å². The van der Waals surface area contributed by atoms with Crippen LogP contribution in [-0.2, 0) is 0 Å². The van der Waals surface area contributed by atoms with Crippen molar-refractivity contribution in [3.8, 4) is 0 Å². The van der Waals surface area contributed by atoms with Crippen LogP contribution in [0.4, 0.5) is 0 Å². The molecule has 1 heterocycles. The molecule has 0 spiro atoms. The second-order valence-electron chi connectivity index (χ2n) is 1.86. The van der Waals surface area contributed by atoms with Crippen molar-refractivity contribution >= 4 is 0 Å². The van der Waals surface area contributed by atoms with Gasteiger partial charge in [-0.3, -0.25) is 0 Å². The van der Waals surface area contributed by atoms with Crippen molar-refractivity contribution in [1.29, 1.82) is 0 Å². The van der Waals surface area contributed by atoms with Crippen molar-refractivity contribution in [2.45, 2.75) is 19.8 Å². The van der Waals surface area contributed by atoms with Crippen LogP contribution in [0.2, 0.25) is 0 Å². The third-order valence-electron chi connectivity index (χ3n) is 1.20. The van der Waals surface area contributed by atoms with Gasteiger partial charge in [0, 0.05) is 12.2 Å². The van der Waals surface area contributed by atoms with Gasteiger partial charge in [-0.1, -0.05) is 13.3 Å². The summed E-state index contributed by atoms with van der Waals surface area (Å²) in [5.41, 5.74) is 1.43. The summed E-state index contributed by atoms with van der Waals surface area (Å²) < 4.78 is 0. The molecule has 0 bridgehead atoms. The van der Waals surface area contributed by atoms with Gasteiger partial charge in [-0.2, -0.15) is 0 Å².